The molecule has 0 saturated carbocycles. The predicted molar refractivity (Wildman–Crippen MR) is 82.6 cm³/mol. The number of pyridine rings is 1. The standard InChI is InChI=1S/C17H14F3N3O/c18-17(19,20)14-6-7-16(24)23(11-14)12-15-21-8-9-22(15)10-13-4-2-1-3-5-13/h1-9,11H,10,12H2. The lowest BCUT2D eigenvalue weighted by atomic mass is 10.2. The van der Waals surface area contributed by atoms with Crippen molar-refractivity contribution in [2.24, 2.45) is 0 Å². The summed E-state index contributed by atoms with van der Waals surface area (Å²) in [5, 5.41) is 0. The zero-order valence-corrected chi connectivity index (χ0v) is 12.6. The molecule has 24 heavy (non-hydrogen) atoms. The Morgan fingerprint density at radius 2 is 1.71 bits per heavy atom. The van der Waals surface area contributed by atoms with E-state index in [4.69, 9.17) is 0 Å². The summed E-state index contributed by atoms with van der Waals surface area (Å²) < 4.78 is 41.3. The summed E-state index contributed by atoms with van der Waals surface area (Å²) in [6.07, 6.45) is -0.364. The number of imidazole rings is 1. The summed E-state index contributed by atoms with van der Waals surface area (Å²) in [5.41, 5.74) is -0.325. The van der Waals surface area contributed by atoms with Gasteiger partial charge in [-0.2, -0.15) is 13.2 Å². The maximum atomic E-state index is 12.8. The number of nitrogens with zero attached hydrogens (tertiary/aromatic N) is 3. The van der Waals surface area contributed by atoms with Crippen molar-refractivity contribution in [2.45, 2.75) is 19.3 Å². The van der Waals surface area contributed by atoms with Crippen LogP contribution in [0.5, 0.6) is 0 Å². The van der Waals surface area contributed by atoms with E-state index in [1.54, 1.807) is 12.4 Å². The van der Waals surface area contributed by atoms with Gasteiger partial charge in [0.1, 0.15) is 5.82 Å². The highest BCUT2D eigenvalue weighted by molar-refractivity contribution is 5.17. The van der Waals surface area contributed by atoms with Gasteiger partial charge in [-0.15, -0.1) is 0 Å². The molecule has 2 heterocycles. The average molecular weight is 333 g/mol. The molecule has 1 aromatic carbocycles. The molecule has 0 aliphatic carbocycles. The summed E-state index contributed by atoms with van der Waals surface area (Å²) in [4.78, 5) is 16.0. The lowest BCUT2D eigenvalue weighted by molar-refractivity contribution is -0.138. The number of rotatable bonds is 4. The molecule has 0 N–H and O–H groups in total. The molecule has 3 aromatic rings. The summed E-state index contributed by atoms with van der Waals surface area (Å²) >= 11 is 0. The van der Waals surface area contributed by atoms with Gasteiger partial charge in [0.2, 0.25) is 0 Å². The van der Waals surface area contributed by atoms with Gasteiger partial charge in [0.25, 0.3) is 5.56 Å². The molecule has 0 radical (unpaired) electrons. The minimum atomic E-state index is -4.49. The van der Waals surface area contributed by atoms with Crippen LogP contribution in [0, 0.1) is 0 Å². The first-order valence-electron chi connectivity index (χ1n) is 7.25. The van der Waals surface area contributed by atoms with E-state index in [0.717, 1.165) is 28.5 Å². The summed E-state index contributed by atoms with van der Waals surface area (Å²) in [6, 6.07) is 11.3. The fraction of sp³-hybridized carbons (Fsp3) is 0.176. The van der Waals surface area contributed by atoms with Crippen molar-refractivity contribution in [3.05, 3.63) is 88.4 Å². The third-order valence-corrected chi connectivity index (χ3v) is 3.62. The van der Waals surface area contributed by atoms with Gasteiger partial charge < -0.3 is 9.13 Å². The Hall–Kier alpha value is -2.83. The molecule has 0 unspecified atom stereocenters. The topological polar surface area (TPSA) is 39.8 Å². The van der Waals surface area contributed by atoms with Crippen molar-refractivity contribution in [1.29, 1.82) is 0 Å². The Morgan fingerprint density at radius 1 is 0.958 bits per heavy atom. The molecular formula is C17H14F3N3O. The molecule has 7 heteroatoms. The van der Waals surface area contributed by atoms with E-state index < -0.39 is 17.3 Å². The SMILES string of the molecule is O=c1ccc(C(F)(F)F)cn1Cc1nccn1Cc1ccccc1. The number of benzene rings is 1. The highest BCUT2D eigenvalue weighted by atomic mass is 19.4. The first-order chi connectivity index (χ1) is 11.4. The van der Waals surface area contributed by atoms with Crippen LogP contribution >= 0.6 is 0 Å². The summed E-state index contributed by atoms with van der Waals surface area (Å²) in [7, 11) is 0. The monoisotopic (exact) mass is 333 g/mol. The Kier molecular flexibility index (Phi) is 4.24. The van der Waals surface area contributed by atoms with Gasteiger partial charge in [-0.3, -0.25) is 4.79 Å². The van der Waals surface area contributed by atoms with Gasteiger partial charge in [0.15, 0.2) is 0 Å². The van der Waals surface area contributed by atoms with Crippen LogP contribution in [0.4, 0.5) is 13.2 Å². The largest absolute Gasteiger partial charge is 0.417 e. The predicted octanol–water partition coefficient (Wildman–Crippen LogP) is 3.16. The van der Waals surface area contributed by atoms with Gasteiger partial charge in [0, 0.05) is 31.2 Å². The van der Waals surface area contributed by atoms with Gasteiger partial charge in [0.05, 0.1) is 12.1 Å². The first-order valence-corrected chi connectivity index (χ1v) is 7.25. The molecule has 2 aromatic heterocycles. The summed E-state index contributed by atoms with van der Waals surface area (Å²) in [6.45, 7) is 0.506. The lowest BCUT2D eigenvalue weighted by Gasteiger charge is -2.12. The van der Waals surface area contributed by atoms with Crippen molar-refractivity contribution in [3.8, 4) is 0 Å². The van der Waals surface area contributed by atoms with Gasteiger partial charge in [-0.25, -0.2) is 4.98 Å². The normalized spacial score (nSPS) is 11.6. The van der Waals surface area contributed by atoms with Crippen LogP contribution in [0.1, 0.15) is 17.0 Å². The van der Waals surface area contributed by atoms with Crippen LogP contribution in [0.15, 0.2) is 65.8 Å². The van der Waals surface area contributed by atoms with E-state index in [1.807, 2.05) is 34.9 Å². The van der Waals surface area contributed by atoms with Crippen molar-refractivity contribution in [2.75, 3.05) is 0 Å². The third-order valence-electron chi connectivity index (χ3n) is 3.62. The van der Waals surface area contributed by atoms with Crippen molar-refractivity contribution >= 4 is 0 Å². The molecule has 124 valence electrons. The summed E-state index contributed by atoms with van der Waals surface area (Å²) in [5.74, 6) is 0.514. The first kappa shape index (κ1) is 16.0. The molecule has 4 nitrogen and oxygen atoms in total. The second-order valence-electron chi connectivity index (χ2n) is 5.34. The fourth-order valence-corrected chi connectivity index (χ4v) is 2.39. The minimum absolute atomic E-state index is 0.0252. The van der Waals surface area contributed by atoms with E-state index in [1.165, 1.54) is 0 Å². The van der Waals surface area contributed by atoms with E-state index >= 15 is 0 Å². The van der Waals surface area contributed by atoms with Gasteiger partial charge >= 0.3 is 6.18 Å². The van der Waals surface area contributed by atoms with E-state index in [-0.39, 0.29) is 6.54 Å². The van der Waals surface area contributed by atoms with Crippen LogP contribution in [0.3, 0.4) is 0 Å². The maximum absolute atomic E-state index is 12.8. The Balaban J connectivity index is 1.88. The highest BCUT2D eigenvalue weighted by Gasteiger charge is 2.31. The molecule has 3 rings (SSSR count). The maximum Gasteiger partial charge on any atom is 0.417 e. The third kappa shape index (κ3) is 3.56. The number of halogens is 3. The van der Waals surface area contributed by atoms with E-state index in [0.29, 0.717) is 12.4 Å². The molecule has 0 aliphatic rings. The number of hydrogen-bond acceptors (Lipinski definition) is 2. The Bertz CT molecular complexity index is 882. The number of aromatic nitrogens is 3. The number of alkyl halides is 3. The molecule has 0 fully saturated rings. The lowest BCUT2D eigenvalue weighted by Crippen LogP contribution is -2.23. The van der Waals surface area contributed by atoms with Crippen LogP contribution in [-0.2, 0) is 19.3 Å². The molecule has 0 aliphatic heterocycles. The highest BCUT2D eigenvalue weighted by Crippen LogP contribution is 2.28. The van der Waals surface area contributed by atoms with Crippen LogP contribution in [-0.4, -0.2) is 14.1 Å². The van der Waals surface area contributed by atoms with E-state index in [2.05, 4.69) is 4.98 Å². The fourth-order valence-electron chi connectivity index (χ4n) is 2.39. The molecular weight excluding hydrogens is 319 g/mol. The minimum Gasteiger partial charge on any atom is -0.329 e. The number of hydrogen-bond donors (Lipinski definition) is 0. The van der Waals surface area contributed by atoms with Crippen LogP contribution < -0.4 is 5.56 Å². The Morgan fingerprint density at radius 3 is 2.42 bits per heavy atom. The molecule has 0 amide bonds. The van der Waals surface area contributed by atoms with E-state index in [9.17, 15) is 18.0 Å². The van der Waals surface area contributed by atoms with Crippen LogP contribution in [0.25, 0.3) is 0 Å². The molecule has 0 atom stereocenters. The van der Waals surface area contributed by atoms with Crippen molar-refractivity contribution < 1.29 is 13.2 Å². The zero-order chi connectivity index (χ0) is 17.2. The average Bonchev–Trinajstić information content (AvgIpc) is 2.96. The van der Waals surface area contributed by atoms with Crippen LogP contribution in [0.2, 0.25) is 0 Å². The molecule has 0 bridgehead atoms. The zero-order valence-electron chi connectivity index (χ0n) is 12.6. The van der Waals surface area contributed by atoms with Crippen molar-refractivity contribution in [1.82, 2.24) is 14.1 Å². The smallest absolute Gasteiger partial charge is 0.329 e. The quantitative estimate of drug-likeness (QED) is 0.736. The van der Waals surface area contributed by atoms with Crippen molar-refractivity contribution in [3.63, 3.8) is 0 Å². The molecule has 0 spiro atoms. The second-order valence-corrected chi connectivity index (χ2v) is 5.34. The molecule has 0 saturated heterocycles. The Labute approximate surface area is 135 Å². The van der Waals surface area contributed by atoms with Gasteiger partial charge in [-0.05, 0) is 11.6 Å². The van der Waals surface area contributed by atoms with Gasteiger partial charge in [-0.1, -0.05) is 30.3 Å². The second kappa shape index (κ2) is 6.35.